The van der Waals surface area contributed by atoms with Crippen LogP contribution in [0.25, 0.3) is 0 Å². The third kappa shape index (κ3) is 23.8. The number of unbranched alkanes of at least 4 members (excludes halogenated alkanes) is 16. The number of carboxylic acid groups (broad SMARTS) is 1. The molecular weight excluding hydrogens is 394 g/mol. The minimum atomic E-state index is -0.662. The quantitative estimate of drug-likeness (QED) is 0.111. The molecule has 3 nitrogen and oxygen atoms in total. The molecule has 0 aromatic heterocycles. The summed E-state index contributed by atoms with van der Waals surface area (Å²) in [5, 5.41) is 8.60. The van der Waals surface area contributed by atoms with Crippen molar-refractivity contribution in [2.75, 3.05) is 14.1 Å². The Kier molecular flexibility index (Phi) is 24.2. The second-order valence-corrected chi connectivity index (χ2v) is 10.0. The SMILES string of the molecule is CCCCCCC(CCCCCCCCCCC=CCCCCCCCC(=O)O)N(C)C. The van der Waals surface area contributed by atoms with Gasteiger partial charge in [-0.1, -0.05) is 109 Å². The molecule has 0 aromatic carbocycles. The van der Waals surface area contributed by atoms with Gasteiger partial charge < -0.3 is 10.0 Å². The van der Waals surface area contributed by atoms with E-state index in [2.05, 4.69) is 38.1 Å². The molecule has 0 saturated heterocycles. The van der Waals surface area contributed by atoms with Gasteiger partial charge in [-0.05, 0) is 59.0 Å². The van der Waals surface area contributed by atoms with Crippen molar-refractivity contribution in [2.24, 2.45) is 0 Å². The normalized spacial score (nSPS) is 12.8. The molecule has 0 bridgehead atoms. The van der Waals surface area contributed by atoms with Crippen LogP contribution >= 0.6 is 0 Å². The molecule has 0 amide bonds. The van der Waals surface area contributed by atoms with Crippen LogP contribution in [0.1, 0.15) is 148 Å². The summed E-state index contributed by atoms with van der Waals surface area (Å²) in [6.07, 6.45) is 32.6. The second kappa shape index (κ2) is 24.8. The first kappa shape index (κ1) is 31.2. The van der Waals surface area contributed by atoms with E-state index in [1.807, 2.05) is 0 Å². The highest BCUT2D eigenvalue weighted by atomic mass is 16.4. The number of allylic oxidation sites excluding steroid dienone is 2. The van der Waals surface area contributed by atoms with Gasteiger partial charge in [-0.25, -0.2) is 0 Å². The Hall–Kier alpha value is -0.830. The first-order chi connectivity index (χ1) is 15.6. The highest BCUT2D eigenvalue weighted by Crippen LogP contribution is 2.17. The number of hydrogen-bond donors (Lipinski definition) is 1. The van der Waals surface area contributed by atoms with Crippen LogP contribution in [0.5, 0.6) is 0 Å². The zero-order valence-electron chi connectivity index (χ0n) is 22.1. The molecular formula is C29H57NO2. The van der Waals surface area contributed by atoms with Gasteiger partial charge in [-0.3, -0.25) is 4.79 Å². The van der Waals surface area contributed by atoms with Gasteiger partial charge >= 0.3 is 5.97 Å². The van der Waals surface area contributed by atoms with E-state index in [-0.39, 0.29) is 0 Å². The van der Waals surface area contributed by atoms with Crippen LogP contribution < -0.4 is 0 Å². The Labute approximate surface area is 201 Å². The van der Waals surface area contributed by atoms with Crippen LogP contribution in [-0.2, 0) is 4.79 Å². The van der Waals surface area contributed by atoms with E-state index in [0.717, 1.165) is 18.9 Å². The van der Waals surface area contributed by atoms with Crippen LogP contribution in [-0.4, -0.2) is 36.1 Å². The molecule has 32 heavy (non-hydrogen) atoms. The van der Waals surface area contributed by atoms with Gasteiger partial charge in [-0.15, -0.1) is 0 Å². The van der Waals surface area contributed by atoms with E-state index in [0.29, 0.717) is 6.42 Å². The first-order valence-corrected chi connectivity index (χ1v) is 14.1. The van der Waals surface area contributed by atoms with Gasteiger partial charge in [0.25, 0.3) is 0 Å². The standard InChI is InChI=1S/C29H57NO2/c1-4-5-6-22-25-28(30(2)3)26-23-20-18-16-14-12-10-8-7-9-11-13-15-17-19-21-24-27-29(31)32/h9,11,28H,4-8,10,12-27H2,1-3H3,(H,31,32). The zero-order valence-corrected chi connectivity index (χ0v) is 22.1. The number of aliphatic carboxylic acids is 1. The van der Waals surface area contributed by atoms with Gasteiger partial charge in [0.1, 0.15) is 0 Å². The van der Waals surface area contributed by atoms with Crippen LogP contribution in [0.15, 0.2) is 12.2 Å². The van der Waals surface area contributed by atoms with Gasteiger partial charge in [0, 0.05) is 12.5 Å². The predicted molar refractivity (Wildman–Crippen MR) is 141 cm³/mol. The van der Waals surface area contributed by atoms with Gasteiger partial charge in [0.05, 0.1) is 0 Å². The fourth-order valence-electron chi connectivity index (χ4n) is 4.47. The molecule has 0 aliphatic rings. The molecule has 1 N–H and O–H groups in total. The molecule has 0 radical (unpaired) electrons. The average Bonchev–Trinajstić information content (AvgIpc) is 2.76. The summed E-state index contributed by atoms with van der Waals surface area (Å²) in [6, 6.07) is 0.795. The largest absolute Gasteiger partial charge is 0.481 e. The summed E-state index contributed by atoms with van der Waals surface area (Å²) in [4.78, 5) is 12.9. The molecule has 1 unspecified atom stereocenters. The van der Waals surface area contributed by atoms with Crippen molar-refractivity contribution in [2.45, 2.75) is 154 Å². The van der Waals surface area contributed by atoms with Crippen LogP contribution in [0, 0.1) is 0 Å². The van der Waals surface area contributed by atoms with Crippen LogP contribution in [0.4, 0.5) is 0 Å². The molecule has 0 fully saturated rings. The monoisotopic (exact) mass is 451 g/mol. The lowest BCUT2D eigenvalue weighted by molar-refractivity contribution is -0.137. The highest BCUT2D eigenvalue weighted by Gasteiger charge is 2.10. The van der Waals surface area contributed by atoms with Crippen molar-refractivity contribution in [3.8, 4) is 0 Å². The third-order valence-electron chi connectivity index (χ3n) is 6.71. The maximum atomic E-state index is 10.4. The average molecular weight is 452 g/mol. The molecule has 0 aliphatic heterocycles. The van der Waals surface area contributed by atoms with E-state index in [1.165, 1.54) is 122 Å². The highest BCUT2D eigenvalue weighted by molar-refractivity contribution is 5.66. The lowest BCUT2D eigenvalue weighted by Gasteiger charge is -2.24. The van der Waals surface area contributed by atoms with Crippen molar-refractivity contribution in [3.63, 3.8) is 0 Å². The Morgan fingerprint density at radius 1 is 0.656 bits per heavy atom. The van der Waals surface area contributed by atoms with Crippen molar-refractivity contribution in [1.29, 1.82) is 0 Å². The van der Waals surface area contributed by atoms with Crippen molar-refractivity contribution in [3.05, 3.63) is 12.2 Å². The van der Waals surface area contributed by atoms with Gasteiger partial charge in [0.15, 0.2) is 0 Å². The minimum Gasteiger partial charge on any atom is -0.481 e. The Bertz CT molecular complexity index is 419. The van der Waals surface area contributed by atoms with E-state index in [9.17, 15) is 4.79 Å². The summed E-state index contributed by atoms with van der Waals surface area (Å²) in [5.41, 5.74) is 0. The molecule has 0 saturated carbocycles. The van der Waals surface area contributed by atoms with Crippen LogP contribution in [0.3, 0.4) is 0 Å². The summed E-state index contributed by atoms with van der Waals surface area (Å²) in [7, 11) is 4.51. The van der Waals surface area contributed by atoms with Gasteiger partial charge in [-0.2, -0.15) is 0 Å². The third-order valence-corrected chi connectivity index (χ3v) is 6.71. The smallest absolute Gasteiger partial charge is 0.303 e. The van der Waals surface area contributed by atoms with E-state index in [4.69, 9.17) is 5.11 Å². The summed E-state index contributed by atoms with van der Waals surface area (Å²) in [5.74, 6) is -0.662. The molecule has 0 aromatic rings. The number of carbonyl (C=O) groups is 1. The Morgan fingerprint density at radius 3 is 1.50 bits per heavy atom. The number of hydrogen-bond acceptors (Lipinski definition) is 2. The first-order valence-electron chi connectivity index (χ1n) is 14.1. The zero-order chi connectivity index (χ0) is 23.7. The molecule has 1 atom stereocenters. The molecule has 0 rings (SSSR count). The molecule has 0 heterocycles. The fourth-order valence-corrected chi connectivity index (χ4v) is 4.47. The lowest BCUT2D eigenvalue weighted by atomic mass is 9.99. The minimum absolute atomic E-state index is 0.330. The number of carboxylic acids is 1. The maximum Gasteiger partial charge on any atom is 0.303 e. The molecule has 3 heteroatoms. The van der Waals surface area contributed by atoms with E-state index < -0.39 is 5.97 Å². The van der Waals surface area contributed by atoms with Crippen molar-refractivity contribution < 1.29 is 9.90 Å². The maximum absolute atomic E-state index is 10.4. The number of nitrogens with zero attached hydrogens (tertiary/aromatic N) is 1. The summed E-state index contributed by atoms with van der Waals surface area (Å²) < 4.78 is 0. The molecule has 0 spiro atoms. The van der Waals surface area contributed by atoms with Crippen molar-refractivity contribution in [1.82, 2.24) is 4.90 Å². The summed E-state index contributed by atoms with van der Waals surface area (Å²) in [6.45, 7) is 2.29. The predicted octanol–water partition coefficient (Wildman–Crippen LogP) is 9.16. The topological polar surface area (TPSA) is 40.5 Å². The number of rotatable bonds is 25. The molecule has 0 aliphatic carbocycles. The lowest BCUT2D eigenvalue weighted by Crippen LogP contribution is -2.27. The van der Waals surface area contributed by atoms with Gasteiger partial charge in [0.2, 0.25) is 0 Å². The Morgan fingerprint density at radius 2 is 1.06 bits per heavy atom. The molecule has 190 valence electrons. The van der Waals surface area contributed by atoms with Crippen molar-refractivity contribution >= 4 is 5.97 Å². The summed E-state index contributed by atoms with van der Waals surface area (Å²) >= 11 is 0. The van der Waals surface area contributed by atoms with E-state index in [1.54, 1.807) is 0 Å². The fraction of sp³-hybridized carbons (Fsp3) is 0.897. The van der Waals surface area contributed by atoms with E-state index >= 15 is 0 Å². The Balaban J connectivity index is 3.34. The van der Waals surface area contributed by atoms with Crippen LogP contribution in [0.2, 0.25) is 0 Å². The second-order valence-electron chi connectivity index (χ2n) is 10.0.